The summed E-state index contributed by atoms with van der Waals surface area (Å²) in [5.74, 6) is 0. The number of nitrogens with one attached hydrogen (secondary N) is 1. The van der Waals surface area contributed by atoms with Gasteiger partial charge in [-0.05, 0) is 37.4 Å². The van der Waals surface area contributed by atoms with Gasteiger partial charge in [-0.25, -0.2) is 0 Å². The SMILES string of the molecule is OCC1(NCCc2cccc(C(F)(F)F)c2)CCOCC1. The Kier molecular flexibility index (Phi) is 5.24. The van der Waals surface area contributed by atoms with Crippen molar-refractivity contribution >= 4 is 0 Å². The van der Waals surface area contributed by atoms with E-state index >= 15 is 0 Å². The highest BCUT2D eigenvalue weighted by atomic mass is 19.4. The quantitative estimate of drug-likeness (QED) is 0.877. The maximum atomic E-state index is 12.6. The Morgan fingerprint density at radius 2 is 1.95 bits per heavy atom. The maximum Gasteiger partial charge on any atom is 0.416 e. The van der Waals surface area contributed by atoms with Crippen LogP contribution in [0.2, 0.25) is 0 Å². The first kappa shape index (κ1) is 16.3. The van der Waals surface area contributed by atoms with Gasteiger partial charge < -0.3 is 15.2 Å². The van der Waals surface area contributed by atoms with Crippen LogP contribution < -0.4 is 5.32 Å². The molecular weight excluding hydrogens is 283 g/mol. The molecule has 21 heavy (non-hydrogen) atoms. The normalized spacial score (nSPS) is 18.7. The molecule has 0 bridgehead atoms. The molecule has 0 amide bonds. The molecule has 0 aliphatic carbocycles. The smallest absolute Gasteiger partial charge is 0.394 e. The molecule has 0 radical (unpaired) electrons. The van der Waals surface area contributed by atoms with Gasteiger partial charge in [0.2, 0.25) is 0 Å². The van der Waals surface area contributed by atoms with Crippen LogP contribution >= 0.6 is 0 Å². The van der Waals surface area contributed by atoms with Crippen LogP contribution in [-0.4, -0.2) is 37.0 Å². The predicted molar refractivity (Wildman–Crippen MR) is 73.0 cm³/mol. The second kappa shape index (κ2) is 6.77. The summed E-state index contributed by atoms with van der Waals surface area (Å²) in [5.41, 5.74) is -0.347. The number of halogens is 3. The van der Waals surface area contributed by atoms with Gasteiger partial charge >= 0.3 is 6.18 Å². The summed E-state index contributed by atoms with van der Waals surface area (Å²) in [6, 6.07) is 5.36. The molecule has 1 fully saturated rings. The lowest BCUT2D eigenvalue weighted by molar-refractivity contribution is -0.137. The molecule has 2 N–H and O–H groups in total. The van der Waals surface area contributed by atoms with Crippen molar-refractivity contribution in [2.75, 3.05) is 26.4 Å². The second-order valence-electron chi connectivity index (χ2n) is 5.43. The minimum absolute atomic E-state index is 0.0128. The van der Waals surface area contributed by atoms with Gasteiger partial charge in [0.05, 0.1) is 12.2 Å². The summed E-state index contributed by atoms with van der Waals surface area (Å²) in [7, 11) is 0. The third-order valence-corrected chi connectivity index (χ3v) is 3.92. The first-order valence-electron chi connectivity index (χ1n) is 7.05. The van der Waals surface area contributed by atoms with Crippen LogP contribution in [0.3, 0.4) is 0 Å². The lowest BCUT2D eigenvalue weighted by atomic mass is 9.91. The largest absolute Gasteiger partial charge is 0.416 e. The van der Waals surface area contributed by atoms with E-state index in [4.69, 9.17) is 4.74 Å². The van der Waals surface area contributed by atoms with Gasteiger partial charge in [0, 0.05) is 18.8 Å². The fourth-order valence-corrected chi connectivity index (χ4v) is 2.53. The molecule has 0 atom stereocenters. The topological polar surface area (TPSA) is 41.5 Å². The van der Waals surface area contributed by atoms with Crippen molar-refractivity contribution < 1.29 is 23.0 Å². The molecule has 3 nitrogen and oxygen atoms in total. The molecule has 0 unspecified atom stereocenters. The molecule has 2 rings (SSSR count). The highest BCUT2D eigenvalue weighted by molar-refractivity contribution is 5.25. The van der Waals surface area contributed by atoms with Gasteiger partial charge in [0.1, 0.15) is 0 Å². The Morgan fingerprint density at radius 1 is 1.24 bits per heavy atom. The minimum atomic E-state index is -4.31. The Hall–Kier alpha value is -1.11. The zero-order valence-electron chi connectivity index (χ0n) is 11.7. The molecule has 0 saturated carbocycles. The van der Waals surface area contributed by atoms with Crippen LogP contribution in [0.4, 0.5) is 13.2 Å². The number of aliphatic hydroxyl groups excluding tert-OH is 1. The van der Waals surface area contributed by atoms with E-state index in [1.165, 1.54) is 12.1 Å². The molecule has 0 spiro atoms. The van der Waals surface area contributed by atoms with E-state index in [0.717, 1.165) is 6.07 Å². The first-order valence-corrected chi connectivity index (χ1v) is 7.05. The number of benzene rings is 1. The third-order valence-electron chi connectivity index (χ3n) is 3.92. The fourth-order valence-electron chi connectivity index (χ4n) is 2.53. The summed E-state index contributed by atoms with van der Waals surface area (Å²) in [6.45, 7) is 1.73. The van der Waals surface area contributed by atoms with Gasteiger partial charge in [-0.1, -0.05) is 18.2 Å². The van der Waals surface area contributed by atoms with Crippen molar-refractivity contribution in [2.45, 2.75) is 31.0 Å². The predicted octanol–water partition coefficient (Wildman–Crippen LogP) is 2.38. The molecular formula is C15H20F3NO2. The van der Waals surface area contributed by atoms with Crippen LogP contribution in [-0.2, 0) is 17.3 Å². The number of rotatable bonds is 5. The van der Waals surface area contributed by atoms with Crippen molar-refractivity contribution in [2.24, 2.45) is 0 Å². The van der Waals surface area contributed by atoms with Crippen LogP contribution in [0.15, 0.2) is 24.3 Å². The average molecular weight is 303 g/mol. The maximum absolute atomic E-state index is 12.6. The summed E-state index contributed by atoms with van der Waals surface area (Å²) in [6.07, 6.45) is -2.39. The number of hydrogen-bond acceptors (Lipinski definition) is 3. The number of ether oxygens (including phenoxy) is 1. The Bertz CT molecular complexity index is 456. The zero-order chi connectivity index (χ0) is 15.3. The van der Waals surface area contributed by atoms with E-state index in [1.54, 1.807) is 6.07 Å². The molecule has 0 aromatic heterocycles. The van der Waals surface area contributed by atoms with Gasteiger partial charge in [-0.15, -0.1) is 0 Å². The highest BCUT2D eigenvalue weighted by Gasteiger charge is 2.32. The van der Waals surface area contributed by atoms with Crippen molar-refractivity contribution in [3.8, 4) is 0 Å². The monoisotopic (exact) mass is 303 g/mol. The number of hydrogen-bond donors (Lipinski definition) is 2. The van der Waals surface area contributed by atoms with Crippen molar-refractivity contribution in [3.63, 3.8) is 0 Å². The van der Waals surface area contributed by atoms with Gasteiger partial charge in [-0.2, -0.15) is 13.2 Å². The van der Waals surface area contributed by atoms with Crippen LogP contribution in [0.1, 0.15) is 24.0 Å². The Morgan fingerprint density at radius 3 is 2.57 bits per heavy atom. The number of aliphatic hydroxyl groups is 1. The highest BCUT2D eigenvalue weighted by Crippen LogP contribution is 2.29. The molecule has 1 aromatic carbocycles. The summed E-state index contributed by atoms with van der Waals surface area (Å²) in [5, 5.41) is 12.8. The Balaban J connectivity index is 1.91. The molecule has 6 heteroatoms. The summed E-state index contributed by atoms with van der Waals surface area (Å²) < 4.78 is 43.2. The molecule has 1 heterocycles. The minimum Gasteiger partial charge on any atom is -0.394 e. The summed E-state index contributed by atoms with van der Waals surface area (Å²) >= 11 is 0. The van der Waals surface area contributed by atoms with Crippen LogP contribution in [0.5, 0.6) is 0 Å². The van der Waals surface area contributed by atoms with Crippen molar-refractivity contribution in [3.05, 3.63) is 35.4 Å². The van der Waals surface area contributed by atoms with E-state index in [9.17, 15) is 18.3 Å². The molecule has 1 aliphatic rings. The lowest BCUT2D eigenvalue weighted by Gasteiger charge is -2.36. The van der Waals surface area contributed by atoms with E-state index in [-0.39, 0.29) is 12.1 Å². The van der Waals surface area contributed by atoms with E-state index in [0.29, 0.717) is 44.6 Å². The number of alkyl halides is 3. The third kappa shape index (κ3) is 4.43. The molecule has 1 aromatic rings. The van der Waals surface area contributed by atoms with Crippen LogP contribution in [0.25, 0.3) is 0 Å². The Labute approximate surface area is 122 Å². The van der Waals surface area contributed by atoms with Crippen LogP contribution in [0, 0.1) is 0 Å². The lowest BCUT2D eigenvalue weighted by Crippen LogP contribution is -2.52. The van der Waals surface area contributed by atoms with Crippen molar-refractivity contribution in [1.29, 1.82) is 0 Å². The fraction of sp³-hybridized carbons (Fsp3) is 0.600. The molecule has 118 valence electrons. The second-order valence-corrected chi connectivity index (χ2v) is 5.43. The standard InChI is InChI=1S/C15H20F3NO2/c16-15(17,18)13-3-1-2-12(10-13)4-7-19-14(11-20)5-8-21-9-6-14/h1-3,10,19-20H,4-9,11H2. The van der Waals surface area contributed by atoms with E-state index in [1.807, 2.05) is 0 Å². The van der Waals surface area contributed by atoms with E-state index in [2.05, 4.69) is 5.32 Å². The zero-order valence-corrected chi connectivity index (χ0v) is 11.7. The summed E-state index contributed by atoms with van der Waals surface area (Å²) in [4.78, 5) is 0. The van der Waals surface area contributed by atoms with Gasteiger partial charge in [0.25, 0.3) is 0 Å². The average Bonchev–Trinajstić information content (AvgIpc) is 2.48. The molecule has 1 saturated heterocycles. The van der Waals surface area contributed by atoms with Gasteiger partial charge in [-0.3, -0.25) is 0 Å². The van der Waals surface area contributed by atoms with Gasteiger partial charge in [0.15, 0.2) is 0 Å². The van der Waals surface area contributed by atoms with E-state index < -0.39 is 11.7 Å². The molecule has 1 aliphatic heterocycles. The van der Waals surface area contributed by atoms with Crippen molar-refractivity contribution in [1.82, 2.24) is 5.32 Å². The first-order chi connectivity index (χ1) is 9.95.